The number of fused-ring (bicyclic) bond motifs is 1. The first kappa shape index (κ1) is 21.4. The van der Waals surface area contributed by atoms with Crippen LogP contribution < -0.4 is 15.5 Å². The van der Waals surface area contributed by atoms with Crippen molar-refractivity contribution in [1.82, 2.24) is 9.97 Å². The minimum absolute atomic E-state index is 0.187. The number of nitrogens with zero attached hydrogens (tertiary/aromatic N) is 4. The van der Waals surface area contributed by atoms with E-state index in [0.717, 1.165) is 66.9 Å². The molecule has 8 heteroatoms. The van der Waals surface area contributed by atoms with Gasteiger partial charge in [-0.2, -0.15) is 0 Å². The number of anilines is 3. The number of nitrogens with two attached hydrogens (primary N) is 1. The molecule has 164 valence electrons. The molecular weight excluding hydrogens is 410 g/mol. The van der Waals surface area contributed by atoms with Gasteiger partial charge in [0.15, 0.2) is 0 Å². The molecular formula is C23H29N5O2S. The van der Waals surface area contributed by atoms with Crippen LogP contribution in [0.3, 0.4) is 0 Å². The van der Waals surface area contributed by atoms with Crippen molar-refractivity contribution in [2.75, 3.05) is 35.2 Å². The maximum Gasteiger partial charge on any atom is 0.348 e. The molecule has 3 aromatic rings. The molecule has 0 aliphatic carbocycles. The van der Waals surface area contributed by atoms with Gasteiger partial charge in [-0.1, -0.05) is 13.3 Å². The van der Waals surface area contributed by atoms with Gasteiger partial charge < -0.3 is 20.6 Å². The van der Waals surface area contributed by atoms with E-state index < -0.39 is 5.97 Å². The van der Waals surface area contributed by atoms with E-state index in [1.807, 2.05) is 12.4 Å². The number of nitrogen functional groups attached to an aromatic ring is 1. The van der Waals surface area contributed by atoms with Crippen LogP contribution in [0, 0.1) is 0 Å². The summed E-state index contributed by atoms with van der Waals surface area (Å²) in [4.78, 5) is 26.2. The highest BCUT2D eigenvalue weighted by Crippen LogP contribution is 2.38. The van der Waals surface area contributed by atoms with Crippen LogP contribution in [-0.4, -0.2) is 46.7 Å². The highest BCUT2D eigenvalue weighted by molar-refractivity contribution is 7.21. The van der Waals surface area contributed by atoms with Gasteiger partial charge in [-0.25, -0.2) is 9.78 Å². The Kier molecular flexibility index (Phi) is 6.27. The number of aromatic carboxylic acids is 1. The summed E-state index contributed by atoms with van der Waals surface area (Å²) < 4.78 is 0. The van der Waals surface area contributed by atoms with Crippen LogP contribution in [0.15, 0.2) is 30.6 Å². The SMILES string of the molecule is CCCc1cc(N2CCC(N(CC)c3ccncc3)CC2)nc2sc(C(=O)O)c(N)c12. The molecule has 0 amide bonds. The number of carboxylic acids is 1. The molecule has 7 nitrogen and oxygen atoms in total. The Morgan fingerprint density at radius 1 is 1.29 bits per heavy atom. The zero-order valence-corrected chi connectivity index (χ0v) is 18.9. The van der Waals surface area contributed by atoms with Crippen LogP contribution >= 0.6 is 11.3 Å². The predicted octanol–water partition coefficient (Wildman–Crippen LogP) is 4.42. The summed E-state index contributed by atoms with van der Waals surface area (Å²) in [5, 5.41) is 10.3. The minimum atomic E-state index is -0.985. The Morgan fingerprint density at radius 3 is 2.61 bits per heavy atom. The molecule has 4 heterocycles. The highest BCUT2D eigenvalue weighted by Gasteiger charge is 2.26. The molecule has 0 aromatic carbocycles. The topological polar surface area (TPSA) is 95.6 Å². The molecule has 0 spiro atoms. The summed E-state index contributed by atoms with van der Waals surface area (Å²) in [6, 6.07) is 6.74. The number of piperidine rings is 1. The molecule has 1 aliphatic rings. The van der Waals surface area contributed by atoms with Gasteiger partial charge in [0.2, 0.25) is 0 Å². The van der Waals surface area contributed by atoms with Crippen molar-refractivity contribution in [2.45, 2.75) is 45.6 Å². The Balaban J connectivity index is 1.58. The van der Waals surface area contributed by atoms with Crippen LogP contribution in [-0.2, 0) is 6.42 Å². The molecule has 0 atom stereocenters. The van der Waals surface area contributed by atoms with E-state index in [4.69, 9.17) is 10.7 Å². The molecule has 1 fully saturated rings. The third-order valence-electron chi connectivity index (χ3n) is 6.04. The lowest BCUT2D eigenvalue weighted by Crippen LogP contribution is -2.45. The number of hydrogen-bond donors (Lipinski definition) is 2. The minimum Gasteiger partial charge on any atom is -0.477 e. The summed E-state index contributed by atoms with van der Waals surface area (Å²) in [5.41, 5.74) is 8.85. The summed E-state index contributed by atoms with van der Waals surface area (Å²) in [7, 11) is 0. The number of aryl methyl sites for hydroxylation is 1. The fourth-order valence-electron chi connectivity index (χ4n) is 4.57. The summed E-state index contributed by atoms with van der Waals surface area (Å²) in [6.07, 6.45) is 7.61. The van der Waals surface area contributed by atoms with E-state index in [2.05, 4.69) is 46.8 Å². The summed E-state index contributed by atoms with van der Waals surface area (Å²) in [6.45, 7) is 7.12. The number of pyridine rings is 2. The smallest absolute Gasteiger partial charge is 0.348 e. The first-order valence-corrected chi connectivity index (χ1v) is 11.7. The molecule has 31 heavy (non-hydrogen) atoms. The third-order valence-corrected chi connectivity index (χ3v) is 7.13. The average molecular weight is 440 g/mol. The monoisotopic (exact) mass is 439 g/mol. The number of thiophene rings is 1. The lowest BCUT2D eigenvalue weighted by atomic mass is 10.0. The fraction of sp³-hybridized carbons (Fsp3) is 0.435. The van der Waals surface area contributed by atoms with Crippen molar-refractivity contribution < 1.29 is 9.90 Å². The number of hydrogen-bond acceptors (Lipinski definition) is 7. The predicted molar refractivity (Wildman–Crippen MR) is 127 cm³/mol. The normalized spacial score (nSPS) is 14.8. The van der Waals surface area contributed by atoms with Crippen LogP contribution in [0.5, 0.6) is 0 Å². The lowest BCUT2D eigenvalue weighted by Gasteiger charge is -2.39. The van der Waals surface area contributed by atoms with Gasteiger partial charge in [-0.05, 0) is 49.9 Å². The largest absolute Gasteiger partial charge is 0.477 e. The lowest BCUT2D eigenvalue weighted by molar-refractivity contribution is 0.0703. The number of rotatable bonds is 7. The van der Waals surface area contributed by atoms with Crippen molar-refractivity contribution in [1.29, 1.82) is 0 Å². The quantitative estimate of drug-likeness (QED) is 0.562. The van der Waals surface area contributed by atoms with Crippen LogP contribution in [0.1, 0.15) is 48.3 Å². The molecule has 0 bridgehead atoms. The molecule has 3 N–H and O–H groups in total. The summed E-state index contributed by atoms with van der Waals surface area (Å²) in [5.74, 6) is -0.0550. The van der Waals surface area contributed by atoms with E-state index in [1.165, 1.54) is 17.0 Å². The number of aromatic nitrogens is 2. The van der Waals surface area contributed by atoms with E-state index in [0.29, 0.717) is 11.7 Å². The Morgan fingerprint density at radius 2 is 2.00 bits per heavy atom. The zero-order chi connectivity index (χ0) is 22.0. The Bertz CT molecular complexity index is 1060. The molecule has 0 unspecified atom stereocenters. The maximum absolute atomic E-state index is 11.6. The second kappa shape index (κ2) is 9.09. The van der Waals surface area contributed by atoms with E-state index in [-0.39, 0.29) is 4.88 Å². The molecule has 1 aliphatic heterocycles. The van der Waals surface area contributed by atoms with Crippen molar-refractivity contribution in [2.24, 2.45) is 0 Å². The van der Waals surface area contributed by atoms with Gasteiger partial charge in [0.25, 0.3) is 0 Å². The first-order valence-electron chi connectivity index (χ1n) is 10.9. The number of carbonyl (C=O) groups is 1. The number of carboxylic acid groups (broad SMARTS) is 1. The van der Waals surface area contributed by atoms with E-state index in [9.17, 15) is 9.90 Å². The van der Waals surface area contributed by atoms with Gasteiger partial charge in [0.05, 0.1) is 5.69 Å². The van der Waals surface area contributed by atoms with Crippen molar-refractivity contribution in [3.8, 4) is 0 Å². The third kappa shape index (κ3) is 4.17. The van der Waals surface area contributed by atoms with Crippen LogP contribution in [0.2, 0.25) is 0 Å². The van der Waals surface area contributed by atoms with Gasteiger partial charge in [-0.15, -0.1) is 11.3 Å². The van der Waals surface area contributed by atoms with Crippen molar-refractivity contribution >= 4 is 44.7 Å². The van der Waals surface area contributed by atoms with Crippen LogP contribution in [0.25, 0.3) is 10.2 Å². The Labute approximate surface area is 186 Å². The van der Waals surface area contributed by atoms with Crippen LogP contribution in [0.4, 0.5) is 17.2 Å². The van der Waals surface area contributed by atoms with Gasteiger partial charge in [-0.3, -0.25) is 4.98 Å². The van der Waals surface area contributed by atoms with Gasteiger partial charge in [0.1, 0.15) is 15.5 Å². The molecule has 0 radical (unpaired) electrons. The highest BCUT2D eigenvalue weighted by atomic mass is 32.1. The van der Waals surface area contributed by atoms with Crippen molar-refractivity contribution in [3.63, 3.8) is 0 Å². The second-order valence-corrected chi connectivity index (χ2v) is 8.93. The zero-order valence-electron chi connectivity index (χ0n) is 18.0. The second-order valence-electron chi connectivity index (χ2n) is 7.93. The van der Waals surface area contributed by atoms with Crippen molar-refractivity contribution in [3.05, 3.63) is 41.0 Å². The first-order chi connectivity index (χ1) is 15.0. The van der Waals surface area contributed by atoms with E-state index in [1.54, 1.807) is 0 Å². The standard InChI is InChI=1S/C23H29N5O2S/c1-3-5-15-14-18(26-22-19(15)20(24)21(31-22)23(29)30)27-12-8-17(9-13-27)28(4-2)16-6-10-25-11-7-16/h6-7,10-11,14,17H,3-5,8-9,12-13,24H2,1-2H3,(H,29,30). The fourth-order valence-corrected chi connectivity index (χ4v) is 5.54. The van der Waals surface area contributed by atoms with Gasteiger partial charge >= 0.3 is 5.97 Å². The maximum atomic E-state index is 11.6. The average Bonchev–Trinajstić information content (AvgIpc) is 3.13. The molecule has 3 aromatic heterocycles. The van der Waals surface area contributed by atoms with E-state index >= 15 is 0 Å². The summed E-state index contributed by atoms with van der Waals surface area (Å²) >= 11 is 1.18. The Hall–Kier alpha value is -2.87. The molecule has 0 saturated carbocycles. The van der Waals surface area contributed by atoms with Gasteiger partial charge in [0, 0.05) is 49.1 Å². The molecule has 4 rings (SSSR count). The molecule has 1 saturated heterocycles.